The Morgan fingerprint density at radius 2 is 1.95 bits per heavy atom. The van der Waals surface area contributed by atoms with E-state index >= 15 is 0 Å². The third kappa shape index (κ3) is 3.57. The summed E-state index contributed by atoms with van der Waals surface area (Å²) in [6, 6.07) is 11.2. The van der Waals surface area contributed by atoms with Crippen LogP contribution in [0.2, 0.25) is 0 Å². The first-order chi connectivity index (χ1) is 9.76. The van der Waals surface area contributed by atoms with Crippen LogP contribution < -0.4 is 5.32 Å². The number of hydrogen-bond donors (Lipinski definition) is 1. The minimum Gasteiger partial charge on any atom is -0.310 e. The van der Waals surface area contributed by atoms with Crippen LogP contribution in [0.15, 0.2) is 30.3 Å². The normalized spacial score (nSPS) is 12.8. The summed E-state index contributed by atoms with van der Waals surface area (Å²) in [5.41, 5.74) is 3.63. The fraction of sp³-hybridized carbons (Fsp3) is 0.500. The van der Waals surface area contributed by atoms with Crippen molar-refractivity contribution in [2.24, 2.45) is 0 Å². The molecule has 0 amide bonds. The number of aryl methyl sites for hydroxylation is 1. The Bertz CT molecular complexity index is 540. The number of fused-ring (bicyclic) bond motifs is 1. The number of hydrogen-bond acceptors (Lipinski definition) is 2. The summed E-state index contributed by atoms with van der Waals surface area (Å²) < 4.78 is 0. The fourth-order valence-corrected chi connectivity index (χ4v) is 2.72. The third-order valence-electron chi connectivity index (χ3n) is 3.74. The second-order valence-corrected chi connectivity index (χ2v) is 5.52. The van der Waals surface area contributed by atoms with E-state index in [1.807, 2.05) is 0 Å². The van der Waals surface area contributed by atoms with Gasteiger partial charge >= 0.3 is 0 Å². The van der Waals surface area contributed by atoms with Gasteiger partial charge in [0.15, 0.2) is 0 Å². The molecule has 0 radical (unpaired) electrons. The first-order valence-electron chi connectivity index (χ1n) is 7.86. The van der Waals surface area contributed by atoms with E-state index in [9.17, 15) is 0 Å². The predicted molar refractivity (Wildman–Crippen MR) is 87.0 cm³/mol. The zero-order chi connectivity index (χ0) is 14.4. The third-order valence-corrected chi connectivity index (χ3v) is 3.74. The van der Waals surface area contributed by atoms with Crippen LogP contribution in [-0.4, -0.2) is 11.5 Å². The van der Waals surface area contributed by atoms with Gasteiger partial charge in [-0.25, -0.2) is 0 Å². The lowest BCUT2D eigenvalue weighted by Gasteiger charge is -2.21. The molecule has 0 spiro atoms. The highest BCUT2D eigenvalue weighted by atomic mass is 14.9. The number of unbranched alkanes of at least 4 members (excludes halogenated alkanes) is 1. The molecular weight excluding hydrogens is 244 g/mol. The van der Waals surface area contributed by atoms with E-state index in [1.165, 1.54) is 36.6 Å². The van der Waals surface area contributed by atoms with Gasteiger partial charge in [0.2, 0.25) is 0 Å². The molecule has 2 nitrogen and oxygen atoms in total. The molecule has 0 aliphatic carbocycles. The molecule has 0 aliphatic heterocycles. The Balaban J connectivity index is 2.39. The molecule has 0 saturated heterocycles. The van der Waals surface area contributed by atoms with E-state index in [4.69, 9.17) is 0 Å². The molecule has 0 aliphatic rings. The van der Waals surface area contributed by atoms with Crippen molar-refractivity contribution >= 4 is 10.9 Å². The smallest absolute Gasteiger partial charge is 0.0708 e. The molecule has 0 saturated carbocycles. The molecule has 20 heavy (non-hydrogen) atoms. The van der Waals surface area contributed by atoms with Gasteiger partial charge in [-0.2, -0.15) is 0 Å². The van der Waals surface area contributed by atoms with Crippen LogP contribution in [0, 0.1) is 6.92 Å². The molecule has 2 aromatic rings. The molecule has 2 heteroatoms. The number of pyridine rings is 1. The first-order valence-corrected chi connectivity index (χ1v) is 7.86. The highest BCUT2D eigenvalue weighted by Gasteiger charge is 2.14. The molecule has 0 fully saturated rings. The standard InChI is InChI=1S/C18H26N2/c1-4-6-10-17(19-12-5-2)16-13-14(3)20-18-11-8-7-9-15(16)18/h7-9,11,13,17,19H,4-6,10,12H2,1-3H3. The number of benzene rings is 1. The average molecular weight is 270 g/mol. The SMILES string of the molecule is CCCCC(NCCC)c1cc(C)nc2ccccc12. The van der Waals surface area contributed by atoms with Gasteiger partial charge in [0.25, 0.3) is 0 Å². The van der Waals surface area contributed by atoms with E-state index in [0.717, 1.165) is 17.8 Å². The van der Waals surface area contributed by atoms with Crippen molar-refractivity contribution in [3.63, 3.8) is 0 Å². The zero-order valence-electron chi connectivity index (χ0n) is 12.9. The van der Waals surface area contributed by atoms with Gasteiger partial charge in [0.1, 0.15) is 0 Å². The van der Waals surface area contributed by atoms with Gasteiger partial charge < -0.3 is 5.32 Å². The van der Waals surface area contributed by atoms with Crippen LogP contribution in [0.4, 0.5) is 0 Å². The number of rotatable bonds is 7. The van der Waals surface area contributed by atoms with Crippen molar-refractivity contribution in [3.05, 3.63) is 41.6 Å². The Morgan fingerprint density at radius 1 is 1.15 bits per heavy atom. The van der Waals surface area contributed by atoms with Crippen molar-refractivity contribution in [3.8, 4) is 0 Å². The summed E-state index contributed by atoms with van der Waals surface area (Å²) in [5, 5.41) is 5.01. The summed E-state index contributed by atoms with van der Waals surface area (Å²) in [6.07, 6.45) is 4.87. The van der Waals surface area contributed by atoms with Crippen molar-refractivity contribution in [1.29, 1.82) is 0 Å². The molecule has 1 aromatic heterocycles. The summed E-state index contributed by atoms with van der Waals surface area (Å²) in [5.74, 6) is 0. The maximum atomic E-state index is 4.65. The molecule has 2 rings (SSSR count). The minimum atomic E-state index is 0.446. The highest BCUT2D eigenvalue weighted by molar-refractivity contribution is 5.82. The van der Waals surface area contributed by atoms with Crippen molar-refractivity contribution in [1.82, 2.24) is 10.3 Å². The van der Waals surface area contributed by atoms with E-state index < -0.39 is 0 Å². The second kappa shape index (κ2) is 7.39. The first kappa shape index (κ1) is 15.0. The number of nitrogens with zero attached hydrogens (tertiary/aromatic N) is 1. The Morgan fingerprint density at radius 3 is 2.70 bits per heavy atom. The van der Waals surface area contributed by atoms with Crippen molar-refractivity contribution < 1.29 is 0 Å². The maximum Gasteiger partial charge on any atom is 0.0708 e. The molecule has 1 heterocycles. The maximum absolute atomic E-state index is 4.65. The van der Waals surface area contributed by atoms with Crippen LogP contribution in [0.1, 0.15) is 56.8 Å². The highest BCUT2D eigenvalue weighted by Crippen LogP contribution is 2.27. The van der Waals surface area contributed by atoms with Crippen LogP contribution >= 0.6 is 0 Å². The zero-order valence-corrected chi connectivity index (χ0v) is 12.9. The number of aromatic nitrogens is 1. The summed E-state index contributed by atoms with van der Waals surface area (Å²) in [7, 11) is 0. The van der Waals surface area contributed by atoms with Crippen LogP contribution in [0.5, 0.6) is 0 Å². The lowest BCUT2D eigenvalue weighted by molar-refractivity contribution is 0.483. The Hall–Kier alpha value is -1.41. The monoisotopic (exact) mass is 270 g/mol. The van der Waals surface area contributed by atoms with E-state index in [-0.39, 0.29) is 0 Å². The molecule has 1 atom stereocenters. The number of para-hydroxylation sites is 1. The minimum absolute atomic E-state index is 0.446. The van der Waals surface area contributed by atoms with Crippen LogP contribution in [0.25, 0.3) is 10.9 Å². The molecule has 1 N–H and O–H groups in total. The van der Waals surface area contributed by atoms with Crippen molar-refractivity contribution in [2.75, 3.05) is 6.54 Å². The molecule has 108 valence electrons. The summed E-state index contributed by atoms with van der Waals surface area (Å²) >= 11 is 0. The lowest BCUT2D eigenvalue weighted by Crippen LogP contribution is -2.22. The van der Waals surface area contributed by atoms with Crippen LogP contribution in [-0.2, 0) is 0 Å². The van der Waals surface area contributed by atoms with Gasteiger partial charge in [-0.1, -0.05) is 44.9 Å². The lowest BCUT2D eigenvalue weighted by atomic mass is 9.96. The summed E-state index contributed by atoms with van der Waals surface area (Å²) in [4.78, 5) is 4.65. The largest absolute Gasteiger partial charge is 0.310 e. The van der Waals surface area contributed by atoms with Gasteiger partial charge in [-0.05, 0) is 44.0 Å². The fourth-order valence-electron chi connectivity index (χ4n) is 2.72. The molecular formula is C18H26N2. The predicted octanol–water partition coefficient (Wildman–Crippen LogP) is 4.77. The molecule has 1 unspecified atom stereocenters. The second-order valence-electron chi connectivity index (χ2n) is 5.52. The van der Waals surface area contributed by atoms with Gasteiger partial charge in [0, 0.05) is 17.1 Å². The quantitative estimate of drug-likeness (QED) is 0.783. The van der Waals surface area contributed by atoms with Gasteiger partial charge in [-0.15, -0.1) is 0 Å². The molecule has 1 aromatic carbocycles. The summed E-state index contributed by atoms with van der Waals surface area (Å²) in [6.45, 7) is 7.64. The average Bonchev–Trinajstić information content (AvgIpc) is 2.46. The van der Waals surface area contributed by atoms with Gasteiger partial charge in [0.05, 0.1) is 5.52 Å². The Kier molecular flexibility index (Phi) is 5.54. The Labute approximate surface area is 122 Å². The number of nitrogens with one attached hydrogen (secondary N) is 1. The van der Waals surface area contributed by atoms with E-state index in [2.05, 4.69) is 61.4 Å². The molecule has 0 bridgehead atoms. The van der Waals surface area contributed by atoms with Crippen LogP contribution in [0.3, 0.4) is 0 Å². The van der Waals surface area contributed by atoms with E-state index in [0.29, 0.717) is 6.04 Å². The van der Waals surface area contributed by atoms with Crippen molar-refractivity contribution in [2.45, 2.75) is 52.5 Å². The van der Waals surface area contributed by atoms with E-state index in [1.54, 1.807) is 0 Å². The topological polar surface area (TPSA) is 24.9 Å². The van der Waals surface area contributed by atoms with Gasteiger partial charge in [-0.3, -0.25) is 4.98 Å².